The van der Waals surface area contributed by atoms with Gasteiger partial charge in [-0.25, -0.2) is 4.79 Å². The van der Waals surface area contributed by atoms with Crippen LogP contribution in [0.5, 0.6) is 0 Å². The van der Waals surface area contributed by atoms with Crippen LogP contribution in [-0.4, -0.2) is 16.3 Å². The molecule has 1 aromatic carbocycles. The Bertz CT molecular complexity index is 606. The molecule has 0 amide bonds. The minimum absolute atomic E-state index is 0.131. The third kappa shape index (κ3) is 2.79. The van der Waals surface area contributed by atoms with Crippen LogP contribution in [0.25, 0.3) is 10.9 Å². The van der Waals surface area contributed by atoms with Crippen molar-refractivity contribution in [3.8, 4) is 0 Å². The van der Waals surface area contributed by atoms with Crippen molar-refractivity contribution in [3.63, 3.8) is 0 Å². The van der Waals surface area contributed by atoms with E-state index in [-0.39, 0.29) is 12.1 Å². The number of hydrogen-bond acceptors (Lipinski definition) is 3. The largest absolute Gasteiger partial charge is 0.443 e. The molecule has 0 radical (unpaired) electrons. The predicted octanol–water partition coefficient (Wildman–Crippen LogP) is 3.44. The van der Waals surface area contributed by atoms with Crippen LogP contribution in [0.4, 0.5) is 4.79 Å². The first kappa shape index (κ1) is 13.6. The van der Waals surface area contributed by atoms with Gasteiger partial charge in [-0.2, -0.15) is 0 Å². The lowest BCUT2D eigenvalue weighted by Gasteiger charge is -2.19. The molecule has 0 saturated heterocycles. The quantitative estimate of drug-likeness (QED) is 0.854. The number of benzene rings is 1. The Morgan fingerprint density at radius 3 is 2.53 bits per heavy atom. The second-order valence-corrected chi connectivity index (χ2v) is 5.74. The van der Waals surface area contributed by atoms with Crippen LogP contribution >= 0.6 is 0 Å². The minimum atomic E-state index is -0.517. The average molecular weight is 260 g/mol. The fourth-order valence-corrected chi connectivity index (χ4v) is 2.03. The van der Waals surface area contributed by atoms with Crippen LogP contribution in [0.15, 0.2) is 30.5 Å². The van der Waals surface area contributed by atoms with Crippen molar-refractivity contribution in [2.24, 2.45) is 5.73 Å². The van der Waals surface area contributed by atoms with Gasteiger partial charge in [0.15, 0.2) is 0 Å². The van der Waals surface area contributed by atoms with E-state index >= 15 is 0 Å². The maximum atomic E-state index is 12.2. The summed E-state index contributed by atoms with van der Waals surface area (Å²) in [5.74, 6) is 0. The molecule has 0 aliphatic carbocycles. The van der Waals surface area contributed by atoms with Gasteiger partial charge in [-0.15, -0.1) is 0 Å². The Morgan fingerprint density at radius 1 is 1.32 bits per heavy atom. The van der Waals surface area contributed by atoms with Crippen LogP contribution in [0.2, 0.25) is 0 Å². The molecule has 2 aromatic rings. The molecule has 0 aliphatic rings. The van der Waals surface area contributed by atoms with E-state index in [1.54, 1.807) is 6.20 Å². The summed E-state index contributed by atoms with van der Waals surface area (Å²) in [6.45, 7) is 7.45. The highest BCUT2D eigenvalue weighted by Gasteiger charge is 2.21. The lowest BCUT2D eigenvalue weighted by atomic mass is 10.1. The molecule has 1 aromatic heterocycles. The summed E-state index contributed by atoms with van der Waals surface area (Å²) in [6.07, 6.45) is 1.39. The summed E-state index contributed by atoms with van der Waals surface area (Å²) < 4.78 is 6.94. The molecule has 102 valence electrons. The van der Waals surface area contributed by atoms with Gasteiger partial charge in [0.1, 0.15) is 5.60 Å². The standard InChI is InChI=1S/C15H20N2O2/c1-10(16)12-9-17(14(18)19-15(2,3)4)13-8-6-5-7-11(12)13/h5-10H,16H2,1-4H3. The maximum absolute atomic E-state index is 12.2. The number of carbonyl (C=O) groups excluding carboxylic acids is 1. The maximum Gasteiger partial charge on any atom is 0.419 e. The van der Waals surface area contributed by atoms with Gasteiger partial charge in [0.25, 0.3) is 0 Å². The van der Waals surface area contributed by atoms with Gasteiger partial charge < -0.3 is 10.5 Å². The van der Waals surface area contributed by atoms with E-state index in [0.717, 1.165) is 16.5 Å². The van der Waals surface area contributed by atoms with E-state index in [2.05, 4.69) is 0 Å². The molecule has 4 nitrogen and oxygen atoms in total. The van der Waals surface area contributed by atoms with Crippen molar-refractivity contribution in [1.29, 1.82) is 0 Å². The highest BCUT2D eigenvalue weighted by Crippen LogP contribution is 2.26. The summed E-state index contributed by atoms with van der Waals surface area (Å²) >= 11 is 0. The fourth-order valence-electron chi connectivity index (χ4n) is 2.03. The van der Waals surface area contributed by atoms with Crippen LogP contribution in [0.1, 0.15) is 39.3 Å². The van der Waals surface area contributed by atoms with Crippen LogP contribution in [0, 0.1) is 0 Å². The molecule has 1 unspecified atom stereocenters. The molecule has 19 heavy (non-hydrogen) atoms. The molecule has 4 heteroatoms. The zero-order valence-electron chi connectivity index (χ0n) is 11.8. The molecule has 0 spiro atoms. The van der Waals surface area contributed by atoms with Crippen molar-refractivity contribution < 1.29 is 9.53 Å². The monoisotopic (exact) mass is 260 g/mol. The zero-order valence-corrected chi connectivity index (χ0v) is 11.8. The highest BCUT2D eigenvalue weighted by molar-refractivity contribution is 5.92. The van der Waals surface area contributed by atoms with E-state index < -0.39 is 5.60 Å². The number of para-hydroxylation sites is 1. The SMILES string of the molecule is CC(N)c1cn(C(=O)OC(C)(C)C)c2ccccc12. The molecule has 0 bridgehead atoms. The minimum Gasteiger partial charge on any atom is -0.443 e. The Morgan fingerprint density at radius 2 is 1.95 bits per heavy atom. The zero-order chi connectivity index (χ0) is 14.2. The number of fused-ring (bicyclic) bond motifs is 1. The Balaban J connectivity index is 2.52. The lowest BCUT2D eigenvalue weighted by molar-refractivity contribution is 0.0544. The van der Waals surface area contributed by atoms with E-state index in [0.29, 0.717) is 0 Å². The second kappa shape index (κ2) is 4.70. The predicted molar refractivity (Wildman–Crippen MR) is 76.2 cm³/mol. The molecule has 0 fully saturated rings. The topological polar surface area (TPSA) is 57.2 Å². The van der Waals surface area contributed by atoms with Crippen LogP contribution in [-0.2, 0) is 4.74 Å². The normalized spacial score (nSPS) is 13.5. The van der Waals surface area contributed by atoms with Crippen molar-refractivity contribution in [2.75, 3.05) is 0 Å². The molecule has 1 atom stereocenters. The number of rotatable bonds is 1. The van der Waals surface area contributed by atoms with Gasteiger partial charge in [0.05, 0.1) is 5.52 Å². The smallest absolute Gasteiger partial charge is 0.419 e. The van der Waals surface area contributed by atoms with E-state index in [1.807, 2.05) is 52.0 Å². The number of carbonyl (C=O) groups is 1. The summed E-state index contributed by atoms with van der Waals surface area (Å²) in [7, 11) is 0. The number of nitrogens with zero attached hydrogens (tertiary/aromatic N) is 1. The first-order valence-corrected chi connectivity index (χ1v) is 6.38. The van der Waals surface area contributed by atoms with Gasteiger partial charge in [-0.1, -0.05) is 18.2 Å². The van der Waals surface area contributed by atoms with Gasteiger partial charge in [0, 0.05) is 17.6 Å². The summed E-state index contributed by atoms with van der Waals surface area (Å²) in [4.78, 5) is 12.2. The van der Waals surface area contributed by atoms with Crippen molar-refractivity contribution >= 4 is 17.0 Å². The van der Waals surface area contributed by atoms with Crippen molar-refractivity contribution in [1.82, 2.24) is 4.57 Å². The Kier molecular flexibility index (Phi) is 3.37. The second-order valence-electron chi connectivity index (χ2n) is 5.74. The van der Waals surface area contributed by atoms with Gasteiger partial charge in [-0.05, 0) is 39.3 Å². The van der Waals surface area contributed by atoms with E-state index in [4.69, 9.17) is 10.5 Å². The van der Waals surface area contributed by atoms with Gasteiger partial charge >= 0.3 is 6.09 Å². The van der Waals surface area contributed by atoms with Gasteiger partial charge in [-0.3, -0.25) is 4.57 Å². The molecular weight excluding hydrogens is 240 g/mol. The summed E-state index contributed by atoms with van der Waals surface area (Å²) in [5, 5.41) is 0.989. The number of nitrogens with two attached hydrogens (primary N) is 1. The molecule has 0 saturated carbocycles. The Labute approximate surface area is 113 Å². The Hall–Kier alpha value is -1.81. The van der Waals surface area contributed by atoms with E-state index in [9.17, 15) is 4.79 Å². The first-order valence-electron chi connectivity index (χ1n) is 6.38. The number of ether oxygens (including phenoxy) is 1. The summed E-state index contributed by atoms with van der Waals surface area (Å²) in [5.41, 5.74) is 7.21. The van der Waals surface area contributed by atoms with Crippen molar-refractivity contribution in [2.45, 2.75) is 39.3 Å². The molecular formula is C15H20N2O2. The number of aromatic nitrogens is 1. The third-order valence-corrected chi connectivity index (χ3v) is 2.82. The lowest BCUT2D eigenvalue weighted by Crippen LogP contribution is -2.26. The molecule has 2 rings (SSSR count). The first-order chi connectivity index (χ1) is 8.79. The van der Waals surface area contributed by atoms with E-state index in [1.165, 1.54) is 4.57 Å². The van der Waals surface area contributed by atoms with Gasteiger partial charge in [0.2, 0.25) is 0 Å². The third-order valence-electron chi connectivity index (χ3n) is 2.82. The number of hydrogen-bond donors (Lipinski definition) is 1. The summed E-state index contributed by atoms with van der Waals surface area (Å²) in [6, 6.07) is 7.57. The van der Waals surface area contributed by atoms with Crippen LogP contribution < -0.4 is 5.73 Å². The highest BCUT2D eigenvalue weighted by atomic mass is 16.6. The van der Waals surface area contributed by atoms with Crippen molar-refractivity contribution in [3.05, 3.63) is 36.0 Å². The average Bonchev–Trinajstić information content (AvgIpc) is 2.66. The molecule has 1 heterocycles. The molecule has 2 N–H and O–H groups in total. The fraction of sp³-hybridized carbons (Fsp3) is 0.400. The molecule has 0 aliphatic heterocycles. The van der Waals surface area contributed by atoms with Crippen LogP contribution in [0.3, 0.4) is 0 Å².